The number of carbonyl (C=O) groups is 2. The normalized spacial score (nSPS) is 14.3. The number of nitrogens with zero attached hydrogens (tertiary/aromatic N) is 5. The molecule has 0 spiro atoms. The minimum Gasteiger partial charge on any atom is -0.497 e. The quantitative estimate of drug-likeness (QED) is 0.163. The smallest absolute Gasteiger partial charge is 0.261 e. The second kappa shape index (κ2) is 14.5. The van der Waals surface area contributed by atoms with Crippen LogP contribution in [0.5, 0.6) is 5.75 Å². The number of halogens is 1. The van der Waals surface area contributed by atoms with E-state index in [4.69, 9.17) is 9.84 Å². The van der Waals surface area contributed by atoms with E-state index in [1.165, 1.54) is 40.2 Å². The molecule has 0 bridgehead atoms. The summed E-state index contributed by atoms with van der Waals surface area (Å²) in [6, 6.07) is 27.0. The van der Waals surface area contributed by atoms with Gasteiger partial charge in [-0.1, -0.05) is 60.3 Å². The third kappa shape index (κ3) is 7.35. The van der Waals surface area contributed by atoms with E-state index in [2.05, 4.69) is 27.6 Å². The van der Waals surface area contributed by atoms with Crippen molar-refractivity contribution in [3.05, 3.63) is 130 Å². The Morgan fingerprint density at radius 1 is 1.00 bits per heavy atom. The Balaban J connectivity index is 1.21. The van der Waals surface area contributed by atoms with Crippen molar-refractivity contribution in [3.8, 4) is 5.75 Å². The molecule has 12 heteroatoms. The van der Waals surface area contributed by atoms with Gasteiger partial charge < -0.3 is 14.6 Å². The Morgan fingerprint density at radius 2 is 1.78 bits per heavy atom. The third-order valence-electron chi connectivity index (χ3n) is 7.58. The summed E-state index contributed by atoms with van der Waals surface area (Å²) in [6.07, 6.45) is 1.20. The van der Waals surface area contributed by atoms with Crippen LogP contribution in [-0.2, 0) is 24.3 Å². The molecule has 3 aromatic carbocycles. The van der Waals surface area contributed by atoms with Crippen molar-refractivity contribution in [2.75, 3.05) is 12.9 Å². The average molecular weight is 655 g/mol. The van der Waals surface area contributed by atoms with Crippen molar-refractivity contribution in [1.29, 1.82) is 0 Å². The Kier molecular flexibility index (Phi) is 9.85. The monoisotopic (exact) mass is 654 g/mol. The van der Waals surface area contributed by atoms with Gasteiger partial charge in [-0.25, -0.2) is 9.40 Å². The van der Waals surface area contributed by atoms with Crippen molar-refractivity contribution in [2.24, 2.45) is 5.10 Å². The van der Waals surface area contributed by atoms with Gasteiger partial charge in [-0.05, 0) is 71.0 Å². The van der Waals surface area contributed by atoms with Gasteiger partial charge in [0.1, 0.15) is 11.6 Å². The molecular formula is C34H31FN6O3S2. The van der Waals surface area contributed by atoms with Crippen LogP contribution < -0.4 is 10.1 Å². The van der Waals surface area contributed by atoms with Crippen molar-refractivity contribution in [2.45, 2.75) is 37.1 Å². The molecule has 46 heavy (non-hydrogen) atoms. The van der Waals surface area contributed by atoms with E-state index >= 15 is 0 Å². The molecule has 0 saturated carbocycles. The first-order valence-electron chi connectivity index (χ1n) is 14.7. The summed E-state index contributed by atoms with van der Waals surface area (Å²) < 4.78 is 21.0. The van der Waals surface area contributed by atoms with Crippen LogP contribution in [0.4, 0.5) is 4.39 Å². The van der Waals surface area contributed by atoms with E-state index in [-0.39, 0.29) is 36.0 Å². The van der Waals surface area contributed by atoms with Gasteiger partial charge in [-0.2, -0.15) is 5.10 Å². The maximum absolute atomic E-state index is 13.8. The van der Waals surface area contributed by atoms with Gasteiger partial charge in [-0.3, -0.25) is 9.59 Å². The molecular weight excluding hydrogens is 624 g/mol. The number of amides is 2. The molecule has 0 radical (unpaired) electrons. The summed E-state index contributed by atoms with van der Waals surface area (Å²) in [5.41, 5.74) is 3.58. The summed E-state index contributed by atoms with van der Waals surface area (Å²) >= 11 is 2.64. The number of ether oxygens (including phenoxy) is 1. The van der Waals surface area contributed by atoms with Crippen LogP contribution in [-0.4, -0.2) is 50.2 Å². The van der Waals surface area contributed by atoms with Crippen LogP contribution in [0, 0.1) is 5.82 Å². The Hall–Kier alpha value is -4.81. The number of hydrogen-bond donors (Lipinski definition) is 1. The predicted octanol–water partition coefficient (Wildman–Crippen LogP) is 6.13. The van der Waals surface area contributed by atoms with Gasteiger partial charge in [-0.15, -0.1) is 21.5 Å². The number of rotatable bonds is 12. The first kappa shape index (κ1) is 31.2. The van der Waals surface area contributed by atoms with Crippen molar-refractivity contribution in [1.82, 2.24) is 25.1 Å². The lowest BCUT2D eigenvalue weighted by Gasteiger charge is -2.22. The molecule has 6 rings (SSSR count). The second-order valence-electron chi connectivity index (χ2n) is 10.5. The highest BCUT2D eigenvalue weighted by Crippen LogP contribution is 2.34. The largest absolute Gasteiger partial charge is 0.497 e. The number of aryl methyl sites for hydroxylation is 1. The number of nitrogens with one attached hydrogen (secondary N) is 1. The Labute approximate surface area is 274 Å². The molecule has 1 atom stereocenters. The van der Waals surface area contributed by atoms with Crippen LogP contribution in [0.2, 0.25) is 0 Å². The van der Waals surface area contributed by atoms with Crippen molar-refractivity contribution in [3.63, 3.8) is 0 Å². The molecule has 9 nitrogen and oxygen atoms in total. The lowest BCUT2D eigenvalue weighted by Crippen LogP contribution is -2.28. The number of thiophene rings is 1. The van der Waals surface area contributed by atoms with E-state index in [1.807, 2.05) is 58.5 Å². The molecule has 234 valence electrons. The van der Waals surface area contributed by atoms with Gasteiger partial charge in [0, 0.05) is 13.0 Å². The molecule has 3 heterocycles. The lowest BCUT2D eigenvalue weighted by molar-refractivity contribution is -0.130. The summed E-state index contributed by atoms with van der Waals surface area (Å²) in [4.78, 5) is 27.0. The fourth-order valence-electron chi connectivity index (χ4n) is 5.16. The van der Waals surface area contributed by atoms with Gasteiger partial charge in [0.05, 0.1) is 36.0 Å². The maximum atomic E-state index is 13.8. The zero-order valence-corrected chi connectivity index (χ0v) is 26.6. The lowest BCUT2D eigenvalue weighted by atomic mass is 9.98. The van der Waals surface area contributed by atoms with Gasteiger partial charge >= 0.3 is 0 Å². The number of hydrazone groups is 1. The summed E-state index contributed by atoms with van der Waals surface area (Å²) in [5.74, 6) is 0.645. The first-order valence-corrected chi connectivity index (χ1v) is 16.5. The zero-order chi connectivity index (χ0) is 31.9. The first-order chi connectivity index (χ1) is 22.5. The topological polar surface area (TPSA) is 102 Å². The molecule has 0 fully saturated rings. The van der Waals surface area contributed by atoms with Gasteiger partial charge in [0.2, 0.25) is 0 Å². The average Bonchev–Trinajstić information content (AvgIpc) is 3.87. The fraction of sp³-hybridized carbons (Fsp3) is 0.206. The summed E-state index contributed by atoms with van der Waals surface area (Å²) in [6.45, 7) is 0.765. The van der Waals surface area contributed by atoms with Gasteiger partial charge in [0.25, 0.3) is 11.8 Å². The van der Waals surface area contributed by atoms with E-state index in [1.54, 1.807) is 25.3 Å². The predicted molar refractivity (Wildman–Crippen MR) is 177 cm³/mol. The van der Waals surface area contributed by atoms with E-state index in [9.17, 15) is 14.0 Å². The van der Waals surface area contributed by atoms with E-state index in [0.29, 0.717) is 28.8 Å². The zero-order valence-electron chi connectivity index (χ0n) is 25.0. The molecule has 5 aromatic rings. The number of aromatic nitrogens is 3. The standard InChI is InChI=1S/C34H31FN6O3S2/c1-44-27-15-11-24(12-16-27)28-20-29(25-9-13-26(35)14-10-25)41(39-28)32(42)22-46-34-38-37-31(21-36-33(43)30-8-5-19-45-30)40(34)18-17-23-6-3-2-4-7-23/h2-16,19,29H,17-18,20-22H2,1H3,(H,36,43)/t29-/m1/s1. The van der Waals surface area contributed by atoms with Crippen LogP contribution in [0.3, 0.4) is 0 Å². The van der Waals surface area contributed by atoms with Crippen LogP contribution in [0.15, 0.2) is 107 Å². The maximum Gasteiger partial charge on any atom is 0.261 e. The third-order valence-corrected chi connectivity index (χ3v) is 9.40. The van der Waals surface area contributed by atoms with E-state index in [0.717, 1.165) is 34.6 Å². The Morgan fingerprint density at radius 3 is 2.50 bits per heavy atom. The van der Waals surface area contributed by atoms with Crippen molar-refractivity contribution >= 4 is 40.6 Å². The number of benzene rings is 3. The molecule has 0 saturated heterocycles. The van der Waals surface area contributed by atoms with E-state index < -0.39 is 0 Å². The second-order valence-corrected chi connectivity index (χ2v) is 12.4. The van der Waals surface area contributed by atoms with Crippen molar-refractivity contribution < 1.29 is 18.7 Å². The number of thioether (sulfide) groups is 1. The molecule has 0 unspecified atom stereocenters. The highest BCUT2D eigenvalue weighted by atomic mass is 32.2. The van der Waals surface area contributed by atoms with Gasteiger partial charge in [0.15, 0.2) is 11.0 Å². The fourth-order valence-corrected chi connectivity index (χ4v) is 6.63. The van der Waals surface area contributed by atoms with Crippen LogP contribution in [0.1, 0.15) is 44.6 Å². The highest BCUT2D eigenvalue weighted by Gasteiger charge is 2.33. The summed E-state index contributed by atoms with van der Waals surface area (Å²) in [5, 5.41) is 20.4. The minimum atomic E-state index is -0.384. The Bertz CT molecular complexity index is 1810. The number of carbonyl (C=O) groups excluding carboxylic acids is 2. The minimum absolute atomic E-state index is 0.0577. The molecule has 1 N–H and O–H groups in total. The molecule has 1 aliphatic rings. The SMILES string of the molecule is COc1ccc(C2=NN(C(=O)CSc3nnc(CNC(=O)c4cccs4)n3CCc3ccccc3)[C@@H](c3ccc(F)cc3)C2)cc1. The highest BCUT2D eigenvalue weighted by molar-refractivity contribution is 7.99. The molecule has 2 aromatic heterocycles. The molecule has 0 aliphatic carbocycles. The summed E-state index contributed by atoms with van der Waals surface area (Å²) in [7, 11) is 1.61. The van der Waals surface area contributed by atoms with Crippen LogP contribution >= 0.6 is 23.1 Å². The van der Waals surface area contributed by atoms with Crippen LogP contribution in [0.25, 0.3) is 0 Å². The number of hydrogen-bond acceptors (Lipinski definition) is 8. The number of methoxy groups -OCH3 is 1. The molecule has 1 aliphatic heterocycles. The molecule has 2 amide bonds.